The molecule has 3 heteroatoms. The average molecular weight is 323 g/mol. The van der Waals surface area contributed by atoms with Gasteiger partial charge in [-0.15, -0.1) is 0 Å². The molecule has 1 aliphatic carbocycles. The second-order valence-corrected chi connectivity index (χ2v) is 7.07. The van der Waals surface area contributed by atoms with Crippen molar-refractivity contribution in [2.24, 2.45) is 0 Å². The van der Waals surface area contributed by atoms with Gasteiger partial charge in [-0.25, -0.2) is 0 Å². The largest absolute Gasteiger partial charge is 0.306 e. The van der Waals surface area contributed by atoms with Crippen molar-refractivity contribution in [3.05, 3.63) is 34.3 Å². The maximum Gasteiger partial charge on any atom is 0.0294 e. The number of hydrogen-bond donors (Lipinski definition) is 1. The number of halogens is 1. The van der Waals surface area contributed by atoms with Gasteiger partial charge in [0.15, 0.2) is 0 Å². The smallest absolute Gasteiger partial charge is 0.0294 e. The van der Waals surface area contributed by atoms with Crippen LogP contribution in [0.15, 0.2) is 28.7 Å². The molecule has 1 saturated carbocycles. The van der Waals surface area contributed by atoms with Crippen molar-refractivity contribution in [3.8, 4) is 0 Å². The van der Waals surface area contributed by atoms with Gasteiger partial charge in [-0.05, 0) is 50.8 Å². The van der Waals surface area contributed by atoms with Crippen LogP contribution in [0, 0.1) is 0 Å². The SMILES string of the molecule is CC1CC(N[C@@H](C)c2ccc(Br)cc2)CN1C1CC1. The van der Waals surface area contributed by atoms with E-state index in [1.165, 1.54) is 31.4 Å². The molecule has 0 aromatic heterocycles. The quantitative estimate of drug-likeness (QED) is 0.908. The highest BCUT2D eigenvalue weighted by atomic mass is 79.9. The molecule has 1 saturated heterocycles. The van der Waals surface area contributed by atoms with E-state index in [0.29, 0.717) is 12.1 Å². The lowest BCUT2D eigenvalue weighted by molar-refractivity contribution is 0.254. The van der Waals surface area contributed by atoms with Crippen molar-refractivity contribution in [2.75, 3.05) is 6.54 Å². The molecule has 0 spiro atoms. The molecular weight excluding hydrogens is 300 g/mol. The topological polar surface area (TPSA) is 15.3 Å². The summed E-state index contributed by atoms with van der Waals surface area (Å²) in [5.41, 5.74) is 1.38. The Balaban J connectivity index is 1.57. The third kappa shape index (κ3) is 3.21. The van der Waals surface area contributed by atoms with Gasteiger partial charge < -0.3 is 5.32 Å². The van der Waals surface area contributed by atoms with Crippen LogP contribution in [0.3, 0.4) is 0 Å². The van der Waals surface area contributed by atoms with Crippen LogP contribution in [0.25, 0.3) is 0 Å². The lowest BCUT2D eigenvalue weighted by Crippen LogP contribution is -2.35. The summed E-state index contributed by atoms with van der Waals surface area (Å²) in [4.78, 5) is 2.70. The van der Waals surface area contributed by atoms with Crippen molar-refractivity contribution in [3.63, 3.8) is 0 Å². The van der Waals surface area contributed by atoms with Crippen LogP contribution in [-0.4, -0.2) is 29.6 Å². The molecule has 1 heterocycles. The fourth-order valence-corrected chi connectivity index (χ4v) is 3.56. The molecule has 1 aromatic rings. The van der Waals surface area contributed by atoms with Gasteiger partial charge >= 0.3 is 0 Å². The highest BCUT2D eigenvalue weighted by molar-refractivity contribution is 9.10. The minimum absolute atomic E-state index is 0.435. The van der Waals surface area contributed by atoms with Crippen LogP contribution >= 0.6 is 15.9 Å². The van der Waals surface area contributed by atoms with Gasteiger partial charge in [0.2, 0.25) is 0 Å². The van der Waals surface area contributed by atoms with E-state index in [9.17, 15) is 0 Å². The molecular formula is C16H23BrN2. The lowest BCUT2D eigenvalue weighted by atomic mass is 10.1. The van der Waals surface area contributed by atoms with Gasteiger partial charge in [0.05, 0.1) is 0 Å². The predicted octanol–water partition coefficient (Wildman–Crippen LogP) is 3.72. The van der Waals surface area contributed by atoms with Crippen LogP contribution in [0.2, 0.25) is 0 Å². The monoisotopic (exact) mass is 322 g/mol. The summed E-state index contributed by atoms with van der Waals surface area (Å²) in [6, 6.07) is 11.4. The van der Waals surface area contributed by atoms with Crippen LogP contribution < -0.4 is 5.32 Å². The minimum Gasteiger partial charge on any atom is -0.306 e. The standard InChI is InChI=1S/C16H23BrN2/c1-11-9-15(10-19(11)16-7-8-16)18-12(2)13-3-5-14(17)6-4-13/h3-6,11-12,15-16,18H,7-10H2,1-2H3/t11?,12-,15?/m0/s1. The van der Waals surface area contributed by atoms with Crippen molar-refractivity contribution in [1.29, 1.82) is 0 Å². The number of nitrogens with one attached hydrogen (secondary N) is 1. The Morgan fingerprint density at radius 2 is 1.95 bits per heavy atom. The summed E-state index contributed by atoms with van der Waals surface area (Å²) in [6.07, 6.45) is 4.12. The summed E-state index contributed by atoms with van der Waals surface area (Å²) >= 11 is 3.49. The zero-order chi connectivity index (χ0) is 13.4. The molecule has 2 nitrogen and oxygen atoms in total. The van der Waals surface area contributed by atoms with Crippen molar-refractivity contribution >= 4 is 15.9 Å². The predicted molar refractivity (Wildman–Crippen MR) is 83.3 cm³/mol. The zero-order valence-corrected chi connectivity index (χ0v) is 13.4. The molecule has 104 valence electrons. The fourth-order valence-electron chi connectivity index (χ4n) is 3.29. The zero-order valence-electron chi connectivity index (χ0n) is 11.8. The van der Waals surface area contributed by atoms with E-state index in [1.54, 1.807) is 0 Å². The first-order valence-electron chi connectivity index (χ1n) is 7.40. The van der Waals surface area contributed by atoms with Gasteiger partial charge in [-0.3, -0.25) is 4.90 Å². The Labute approximate surface area is 124 Å². The third-order valence-corrected chi connectivity index (χ3v) is 5.02. The summed E-state index contributed by atoms with van der Waals surface area (Å²) in [7, 11) is 0. The second kappa shape index (κ2) is 5.55. The van der Waals surface area contributed by atoms with E-state index in [1.807, 2.05) is 0 Å². The Morgan fingerprint density at radius 3 is 2.58 bits per heavy atom. The summed E-state index contributed by atoms with van der Waals surface area (Å²) in [5, 5.41) is 3.80. The molecule has 1 N–H and O–H groups in total. The molecule has 3 rings (SSSR count). The van der Waals surface area contributed by atoms with Crippen LogP contribution in [0.5, 0.6) is 0 Å². The van der Waals surface area contributed by atoms with Gasteiger partial charge in [0.1, 0.15) is 0 Å². The molecule has 1 aliphatic heterocycles. The van der Waals surface area contributed by atoms with Crippen molar-refractivity contribution in [1.82, 2.24) is 10.2 Å². The Hall–Kier alpha value is -0.380. The van der Waals surface area contributed by atoms with Crippen molar-refractivity contribution in [2.45, 2.75) is 57.3 Å². The Morgan fingerprint density at radius 1 is 1.26 bits per heavy atom. The maximum atomic E-state index is 3.80. The summed E-state index contributed by atoms with van der Waals surface area (Å²) < 4.78 is 1.15. The lowest BCUT2D eigenvalue weighted by Gasteiger charge is -2.21. The first-order chi connectivity index (χ1) is 9.13. The number of likely N-dealkylation sites (tertiary alicyclic amines) is 1. The molecule has 3 atom stereocenters. The van der Waals surface area contributed by atoms with Crippen LogP contribution in [-0.2, 0) is 0 Å². The Bertz CT molecular complexity index is 427. The van der Waals surface area contributed by atoms with Gasteiger partial charge in [-0.2, -0.15) is 0 Å². The normalized spacial score (nSPS) is 29.6. The van der Waals surface area contributed by atoms with E-state index in [4.69, 9.17) is 0 Å². The average Bonchev–Trinajstić information content (AvgIpc) is 3.15. The van der Waals surface area contributed by atoms with Crippen molar-refractivity contribution < 1.29 is 0 Å². The number of hydrogen-bond acceptors (Lipinski definition) is 2. The molecule has 0 radical (unpaired) electrons. The van der Waals surface area contributed by atoms with E-state index < -0.39 is 0 Å². The molecule has 19 heavy (non-hydrogen) atoms. The molecule has 0 bridgehead atoms. The molecule has 0 amide bonds. The third-order valence-electron chi connectivity index (χ3n) is 4.49. The highest BCUT2D eigenvalue weighted by Crippen LogP contribution is 2.33. The number of benzene rings is 1. The first kappa shape index (κ1) is 13.6. The second-order valence-electron chi connectivity index (χ2n) is 6.15. The number of nitrogens with zero attached hydrogens (tertiary/aromatic N) is 1. The van der Waals surface area contributed by atoms with E-state index in [-0.39, 0.29) is 0 Å². The molecule has 2 unspecified atom stereocenters. The maximum absolute atomic E-state index is 3.80. The van der Waals surface area contributed by atoms with Crippen LogP contribution in [0.4, 0.5) is 0 Å². The number of rotatable bonds is 4. The van der Waals surface area contributed by atoms with E-state index in [2.05, 4.69) is 64.3 Å². The van der Waals surface area contributed by atoms with E-state index in [0.717, 1.165) is 16.6 Å². The van der Waals surface area contributed by atoms with Gasteiger partial charge in [-0.1, -0.05) is 28.1 Å². The fraction of sp³-hybridized carbons (Fsp3) is 0.625. The summed E-state index contributed by atoms with van der Waals surface area (Å²) in [5.74, 6) is 0. The van der Waals surface area contributed by atoms with Gasteiger partial charge in [0, 0.05) is 35.2 Å². The highest BCUT2D eigenvalue weighted by Gasteiger charge is 2.38. The molecule has 1 aromatic carbocycles. The van der Waals surface area contributed by atoms with Crippen LogP contribution in [0.1, 0.15) is 44.7 Å². The van der Waals surface area contributed by atoms with Gasteiger partial charge in [0.25, 0.3) is 0 Å². The minimum atomic E-state index is 0.435. The first-order valence-corrected chi connectivity index (χ1v) is 8.20. The Kier molecular flexibility index (Phi) is 3.97. The van der Waals surface area contributed by atoms with E-state index >= 15 is 0 Å². The molecule has 2 aliphatic rings. The summed E-state index contributed by atoms with van der Waals surface area (Å²) in [6.45, 7) is 5.88. The molecule has 2 fully saturated rings.